The second-order valence-corrected chi connectivity index (χ2v) is 5.24. The van der Waals surface area contributed by atoms with Crippen LogP contribution in [0.2, 0.25) is 0 Å². The summed E-state index contributed by atoms with van der Waals surface area (Å²) in [6.07, 6.45) is 3.36. The van der Waals surface area contributed by atoms with Crippen molar-refractivity contribution < 1.29 is 9.47 Å². The average Bonchev–Trinajstić information content (AvgIpc) is 2.67. The minimum Gasteiger partial charge on any atom is -0.497 e. The number of hydrogen-bond acceptors (Lipinski definition) is 6. The Morgan fingerprint density at radius 3 is 2.56 bits per heavy atom. The van der Waals surface area contributed by atoms with Crippen LogP contribution in [0, 0.1) is 11.3 Å². The SMILES string of the molecule is COc1ccc(OC)c(-c2cc(-c3cccnc3)c(C#N)c(N)n2)c1. The molecule has 2 heterocycles. The summed E-state index contributed by atoms with van der Waals surface area (Å²) in [4.78, 5) is 8.50. The van der Waals surface area contributed by atoms with E-state index in [-0.39, 0.29) is 5.82 Å². The van der Waals surface area contributed by atoms with Crippen LogP contribution in [-0.2, 0) is 0 Å². The van der Waals surface area contributed by atoms with Gasteiger partial charge in [0.2, 0.25) is 0 Å². The van der Waals surface area contributed by atoms with Gasteiger partial charge in [-0.3, -0.25) is 4.98 Å². The fraction of sp³-hybridized carbons (Fsp3) is 0.105. The van der Waals surface area contributed by atoms with E-state index in [1.54, 1.807) is 44.8 Å². The number of pyridine rings is 2. The molecular weight excluding hydrogens is 316 g/mol. The number of aromatic nitrogens is 2. The molecule has 0 spiro atoms. The Morgan fingerprint density at radius 2 is 1.92 bits per heavy atom. The van der Waals surface area contributed by atoms with E-state index >= 15 is 0 Å². The van der Waals surface area contributed by atoms with Crippen molar-refractivity contribution in [2.45, 2.75) is 0 Å². The molecule has 3 rings (SSSR count). The fourth-order valence-electron chi connectivity index (χ4n) is 2.58. The molecule has 0 saturated heterocycles. The highest BCUT2D eigenvalue weighted by Crippen LogP contribution is 2.36. The molecule has 6 nitrogen and oxygen atoms in total. The highest BCUT2D eigenvalue weighted by Gasteiger charge is 2.16. The van der Waals surface area contributed by atoms with Crippen LogP contribution in [0.4, 0.5) is 5.82 Å². The van der Waals surface area contributed by atoms with Crippen molar-refractivity contribution in [1.29, 1.82) is 5.26 Å². The van der Waals surface area contributed by atoms with Gasteiger partial charge < -0.3 is 15.2 Å². The van der Waals surface area contributed by atoms with E-state index in [1.165, 1.54) is 0 Å². The molecule has 2 N–H and O–H groups in total. The second kappa shape index (κ2) is 6.89. The lowest BCUT2D eigenvalue weighted by Gasteiger charge is -2.13. The number of rotatable bonds is 4. The molecule has 124 valence electrons. The summed E-state index contributed by atoms with van der Waals surface area (Å²) in [5.74, 6) is 1.46. The summed E-state index contributed by atoms with van der Waals surface area (Å²) < 4.78 is 10.7. The van der Waals surface area contributed by atoms with E-state index in [0.29, 0.717) is 28.3 Å². The van der Waals surface area contributed by atoms with Gasteiger partial charge in [0.15, 0.2) is 0 Å². The van der Waals surface area contributed by atoms with Crippen molar-refractivity contribution in [2.75, 3.05) is 20.0 Å². The Kier molecular flexibility index (Phi) is 4.48. The number of hydrogen-bond donors (Lipinski definition) is 1. The smallest absolute Gasteiger partial charge is 0.142 e. The van der Waals surface area contributed by atoms with Crippen molar-refractivity contribution >= 4 is 5.82 Å². The van der Waals surface area contributed by atoms with Crippen molar-refractivity contribution in [1.82, 2.24) is 9.97 Å². The fourth-order valence-corrected chi connectivity index (χ4v) is 2.58. The molecule has 2 aromatic heterocycles. The lowest BCUT2D eigenvalue weighted by Crippen LogP contribution is -2.01. The minimum absolute atomic E-state index is 0.156. The van der Waals surface area contributed by atoms with Crippen LogP contribution in [0.25, 0.3) is 22.4 Å². The average molecular weight is 332 g/mol. The van der Waals surface area contributed by atoms with Crippen molar-refractivity contribution in [3.63, 3.8) is 0 Å². The number of nitrogens with two attached hydrogens (primary N) is 1. The van der Waals surface area contributed by atoms with Crippen LogP contribution >= 0.6 is 0 Å². The summed E-state index contributed by atoms with van der Waals surface area (Å²) in [5.41, 5.74) is 9.13. The largest absolute Gasteiger partial charge is 0.497 e. The number of ether oxygens (including phenoxy) is 2. The summed E-state index contributed by atoms with van der Waals surface area (Å²) in [7, 11) is 3.17. The summed E-state index contributed by atoms with van der Waals surface area (Å²) in [6.45, 7) is 0. The Morgan fingerprint density at radius 1 is 1.08 bits per heavy atom. The van der Waals surface area contributed by atoms with Crippen LogP contribution in [0.15, 0.2) is 48.8 Å². The molecule has 0 atom stereocenters. The predicted octanol–water partition coefficient (Wildman–Crippen LogP) is 3.28. The van der Waals surface area contributed by atoms with Gasteiger partial charge in [-0.2, -0.15) is 5.26 Å². The third-order valence-corrected chi connectivity index (χ3v) is 3.81. The molecule has 0 amide bonds. The van der Waals surface area contributed by atoms with Gasteiger partial charge in [0, 0.05) is 29.1 Å². The van der Waals surface area contributed by atoms with Crippen LogP contribution in [0.3, 0.4) is 0 Å². The zero-order valence-corrected chi connectivity index (χ0v) is 13.9. The van der Waals surface area contributed by atoms with Gasteiger partial charge >= 0.3 is 0 Å². The molecule has 0 aliphatic heterocycles. The van der Waals surface area contributed by atoms with Gasteiger partial charge in [0.25, 0.3) is 0 Å². The molecule has 0 fully saturated rings. The lowest BCUT2D eigenvalue weighted by atomic mass is 9.99. The van der Waals surface area contributed by atoms with Gasteiger partial charge in [-0.05, 0) is 30.3 Å². The standard InChI is InChI=1S/C19H16N4O2/c1-24-13-5-6-18(25-2)15(8-13)17-9-14(12-4-3-7-22-11-12)16(10-20)19(21)23-17/h3-9,11H,1-2H3,(H2,21,23). The Labute approximate surface area is 145 Å². The molecule has 0 radical (unpaired) electrons. The third kappa shape index (κ3) is 3.08. The summed E-state index contributed by atoms with van der Waals surface area (Å²) >= 11 is 0. The third-order valence-electron chi connectivity index (χ3n) is 3.81. The van der Waals surface area contributed by atoms with Crippen LogP contribution in [0.1, 0.15) is 5.56 Å². The molecule has 0 unspecified atom stereocenters. The van der Waals surface area contributed by atoms with Gasteiger partial charge in [0.05, 0.1) is 19.9 Å². The highest BCUT2D eigenvalue weighted by molar-refractivity contribution is 5.81. The topological polar surface area (TPSA) is 94.0 Å². The molecule has 6 heteroatoms. The van der Waals surface area contributed by atoms with Crippen molar-refractivity contribution in [3.05, 3.63) is 54.4 Å². The zero-order chi connectivity index (χ0) is 17.8. The number of methoxy groups -OCH3 is 2. The van der Waals surface area contributed by atoms with Crippen LogP contribution in [0.5, 0.6) is 11.5 Å². The van der Waals surface area contributed by atoms with Gasteiger partial charge in [-0.1, -0.05) is 6.07 Å². The van der Waals surface area contributed by atoms with E-state index in [0.717, 1.165) is 11.1 Å². The Bertz CT molecular complexity index is 950. The zero-order valence-electron chi connectivity index (χ0n) is 13.9. The second-order valence-electron chi connectivity index (χ2n) is 5.24. The molecule has 1 aromatic carbocycles. The first-order chi connectivity index (χ1) is 12.2. The van der Waals surface area contributed by atoms with Crippen molar-refractivity contribution in [2.24, 2.45) is 0 Å². The monoisotopic (exact) mass is 332 g/mol. The molecule has 0 aliphatic rings. The quantitative estimate of drug-likeness (QED) is 0.788. The van der Waals surface area contributed by atoms with E-state index in [2.05, 4.69) is 16.0 Å². The maximum Gasteiger partial charge on any atom is 0.142 e. The van der Waals surface area contributed by atoms with Gasteiger partial charge in [-0.15, -0.1) is 0 Å². The number of benzene rings is 1. The Hall–Kier alpha value is -3.59. The van der Waals surface area contributed by atoms with Crippen molar-refractivity contribution in [3.8, 4) is 40.0 Å². The summed E-state index contributed by atoms with van der Waals surface area (Å²) in [6, 6.07) is 13.0. The van der Waals surface area contributed by atoms with Crippen LogP contribution < -0.4 is 15.2 Å². The number of nitriles is 1. The van der Waals surface area contributed by atoms with Gasteiger partial charge in [-0.25, -0.2) is 4.98 Å². The maximum absolute atomic E-state index is 9.47. The lowest BCUT2D eigenvalue weighted by molar-refractivity contribution is 0.404. The van der Waals surface area contributed by atoms with E-state index in [4.69, 9.17) is 15.2 Å². The first-order valence-corrected chi connectivity index (χ1v) is 7.51. The Balaban J connectivity index is 2.26. The number of nitrogen functional groups attached to an aromatic ring is 1. The van der Waals surface area contributed by atoms with E-state index in [1.807, 2.05) is 18.2 Å². The molecule has 3 aromatic rings. The van der Waals surface area contributed by atoms with Gasteiger partial charge in [0.1, 0.15) is 28.9 Å². The first kappa shape index (κ1) is 16.3. The number of anilines is 1. The maximum atomic E-state index is 9.47. The first-order valence-electron chi connectivity index (χ1n) is 7.51. The molecule has 0 saturated carbocycles. The highest BCUT2D eigenvalue weighted by atomic mass is 16.5. The molecule has 25 heavy (non-hydrogen) atoms. The predicted molar refractivity (Wildman–Crippen MR) is 95.1 cm³/mol. The molecule has 0 aliphatic carbocycles. The normalized spacial score (nSPS) is 10.1. The van der Waals surface area contributed by atoms with Crippen LogP contribution in [-0.4, -0.2) is 24.2 Å². The summed E-state index contributed by atoms with van der Waals surface area (Å²) in [5, 5.41) is 9.47. The van der Waals surface area contributed by atoms with E-state index in [9.17, 15) is 5.26 Å². The number of nitrogens with zero attached hydrogens (tertiary/aromatic N) is 3. The molecular formula is C19H16N4O2. The van der Waals surface area contributed by atoms with E-state index < -0.39 is 0 Å². The molecule has 0 bridgehead atoms. The minimum atomic E-state index is 0.156.